The predicted octanol–water partition coefficient (Wildman–Crippen LogP) is 1.71. The molecule has 1 aromatic carbocycles. The first kappa shape index (κ1) is 9.90. The second-order valence-corrected chi connectivity index (χ2v) is 3.79. The third-order valence-corrected chi connectivity index (χ3v) is 2.69. The number of hydrogen-bond donors (Lipinski definition) is 2. The summed E-state index contributed by atoms with van der Waals surface area (Å²) in [6.45, 7) is 2.71. The molecular weight excluding hydrogens is 203 g/mol. The third-order valence-electron chi connectivity index (χ3n) is 2.39. The molecule has 14 heavy (non-hydrogen) atoms. The molecule has 0 spiro atoms. The van der Waals surface area contributed by atoms with Gasteiger partial charge >= 0.3 is 0 Å². The fraction of sp³-hybridized carbons (Fsp3) is 0.400. The molecular formula is C10H12ClFN2. The van der Waals surface area contributed by atoms with Gasteiger partial charge in [-0.2, -0.15) is 0 Å². The molecule has 0 saturated carbocycles. The molecule has 1 atom stereocenters. The van der Waals surface area contributed by atoms with Gasteiger partial charge in [-0.3, -0.25) is 0 Å². The van der Waals surface area contributed by atoms with E-state index in [0.29, 0.717) is 0 Å². The Morgan fingerprint density at radius 2 is 2.21 bits per heavy atom. The van der Waals surface area contributed by atoms with Gasteiger partial charge in [-0.15, -0.1) is 0 Å². The number of benzene rings is 1. The van der Waals surface area contributed by atoms with Gasteiger partial charge in [0.25, 0.3) is 0 Å². The summed E-state index contributed by atoms with van der Waals surface area (Å²) in [6.07, 6.45) is 0. The van der Waals surface area contributed by atoms with E-state index in [1.165, 1.54) is 6.07 Å². The highest BCUT2D eigenvalue weighted by Gasteiger charge is 2.15. The molecule has 1 aliphatic rings. The van der Waals surface area contributed by atoms with Crippen LogP contribution in [0.4, 0.5) is 4.39 Å². The molecule has 1 saturated heterocycles. The Morgan fingerprint density at radius 1 is 1.36 bits per heavy atom. The van der Waals surface area contributed by atoms with Gasteiger partial charge in [0.1, 0.15) is 5.82 Å². The Balaban J connectivity index is 2.18. The van der Waals surface area contributed by atoms with E-state index in [-0.39, 0.29) is 16.9 Å². The first-order valence-corrected chi connectivity index (χ1v) is 5.04. The zero-order valence-electron chi connectivity index (χ0n) is 7.69. The Labute approximate surface area is 87.5 Å². The van der Waals surface area contributed by atoms with Crippen LogP contribution < -0.4 is 10.6 Å². The molecule has 0 aliphatic carbocycles. The number of nitrogens with one attached hydrogen (secondary N) is 2. The standard InChI is InChI=1S/C10H12ClFN2/c11-8-2-1-7(5-9(8)12)10-6-13-3-4-14-10/h1-2,5,10,13-14H,3-4,6H2. The maximum atomic E-state index is 13.2. The van der Waals surface area contributed by atoms with E-state index in [4.69, 9.17) is 11.6 Å². The quantitative estimate of drug-likeness (QED) is 0.744. The molecule has 0 amide bonds. The molecule has 2 rings (SSSR count). The van der Waals surface area contributed by atoms with Crippen molar-refractivity contribution in [3.05, 3.63) is 34.6 Å². The second kappa shape index (κ2) is 4.26. The maximum absolute atomic E-state index is 13.2. The molecule has 1 aliphatic heterocycles. The van der Waals surface area contributed by atoms with Crippen LogP contribution in [-0.2, 0) is 0 Å². The van der Waals surface area contributed by atoms with Crippen molar-refractivity contribution in [1.29, 1.82) is 0 Å². The van der Waals surface area contributed by atoms with Gasteiger partial charge < -0.3 is 10.6 Å². The molecule has 0 aromatic heterocycles. The van der Waals surface area contributed by atoms with Gasteiger partial charge in [0.15, 0.2) is 0 Å². The zero-order chi connectivity index (χ0) is 9.97. The summed E-state index contributed by atoms with van der Waals surface area (Å²) in [5.41, 5.74) is 0.944. The van der Waals surface area contributed by atoms with Crippen molar-refractivity contribution in [2.45, 2.75) is 6.04 Å². The van der Waals surface area contributed by atoms with E-state index in [1.54, 1.807) is 6.07 Å². The van der Waals surface area contributed by atoms with E-state index in [0.717, 1.165) is 25.2 Å². The lowest BCUT2D eigenvalue weighted by Gasteiger charge is -2.24. The summed E-state index contributed by atoms with van der Waals surface area (Å²) in [6, 6.07) is 5.14. The first-order chi connectivity index (χ1) is 6.77. The van der Waals surface area contributed by atoms with Crippen LogP contribution in [-0.4, -0.2) is 19.6 Å². The number of halogens is 2. The monoisotopic (exact) mass is 214 g/mol. The molecule has 0 bridgehead atoms. The number of hydrogen-bond acceptors (Lipinski definition) is 2. The average Bonchev–Trinajstić information content (AvgIpc) is 2.23. The van der Waals surface area contributed by atoms with Crippen LogP contribution in [0.5, 0.6) is 0 Å². The van der Waals surface area contributed by atoms with E-state index < -0.39 is 0 Å². The van der Waals surface area contributed by atoms with Crippen molar-refractivity contribution in [1.82, 2.24) is 10.6 Å². The topological polar surface area (TPSA) is 24.1 Å². The Kier molecular flexibility index (Phi) is 3.01. The smallest absolute Gasteiger partial charge is 0.142 e. The minimum atomic E-state index is -0.350. The minimum absolute atomic E-state index is 0.178. The maximum Gasteiger partial charge on any atom is 0.142 e. The molecule has 1 fully saturated rings. The molecule has 2 nitrogen and oxygen atoms in total. The highest BCUT2D eigenvalue weighted by atomic mass is 35.5. The Bertz CT molecular complexity index is 324. The van der Waals surface area contributed by atoms with E-state index in [9.17, 15) is 4.39 Å². The van der Waals surface area contributed by atoms with E-state index in [1.807, 2.05) is 6.07 Å². The summed E-state index contributed by atoms with van der Waals surface area (Å²) in [7, 11) is 0. The van der Waals surface area contributed by atoms with E-state index >= 15 is 0 Å². The highest BCUT2D eigenvalue weighted by molar-refractivity contribution is 6.30. The van der Waals surface area contributed by atoms with Crippen molar-refractivity contribution >= 4 is 11.6 Å². The molecule has 2 N–H and O–H groups in total. The molecule has 76 valence electrons. The van der Waals surface area contributed by atoms with Crippen molar-refractivity contribution in [3.8, 4) is 0 Å². The van der Waals surface area contributed by atoms with Crippen LogP contribution >= 0.6 is 11.6 Å². The largest absolute Gasteiger partial charge is 0.314 e. The molecule has 0 radical (unpaired) electrons. The van der Waals surface area contributed by atoms with Crippen LogP contribution in [0.15, 0.2) is 18.2 Å². The van der Waals surface area contributed by atoms with Gasteiger partial charge in [-0.25, -0.2) is 4.39 Å². The second-order valence-electron chi connectivity index (χ2n) is 3.38. The molecule has 4 heteroatoms. The number of rotatable bonds is 1. The summed E-state index contributed by atoms with van der Waals surface area (Å²) in [5.74, 6) is -0.350. The summed E-state index contributed by atoms with van der Waals surface area (Å²) in [4.78, 5) is 0. The molecule has 1 aromatic rings. The van der Waals surface area contributed by atoms with Crippen LogP contribution in [0.3, 0.4) is 0 Å². The number of piperazine rings is 1. The van der Waals surface area contributed by atoms with Gasteiger partial charge in [0, 0.05) is 25.7 Å². The summed E-state index contributed by atoms with van der Waals surface area (Å²) >= 11 is 5.61. The van der Waals surface area contributed by atoms with Crippen LogP contribution in [0.25, 0.3) is 0 Å². The lowest BCUT2D eigenvalue weighted by Crippen LogP contribution is -2.42. The zero-order valence-corrected chi connectivity index (χ0v) is 8.44. The van der Waals surface area contributed by atoms with Crippen molar-refractivity contribution < 1.29 is 4.39 Å². The molecule has 1 unspecified atom stereocenters. The van der Waals surface area contributed by atoms with Gasteiger partial charge in [0.05, 0.1) is 5.02 Å². The highest BCUT2D eigenvalue weighted by Crippen LogP contribution is 2.20. The molecule has 1 heterocycles. The fourth-order valence-electron chi connectivity index (χ4n) is 1.62. The summed E-state index contributed by atoms with van der Waals surface area (Å²) < 4.78 is 13.2. The van der Waals surface area contributed by atoms with Crippen molar-refractivity contribution in [3.63, 3.8) is 0 Å². The Hall–Kier alpha value is -0.640. The SMILES string of the molecule is Fc1cc(C2CNCCN2)ccc1Cl. The normalized spacial score (nSPS) is 22.3. The van der Waals surface area contributed by atoms with Gasteiger partial charge in [-0.1, -0.05) is 17.7 Å². The van der Waals surface area contributed by atoms with E-state index in [2.05, 4.69) is 10.6 Å². The Morgan fingerprint density at radius 3 is 2.86 bits per heavy atom. The lowest BCUT2D eigenvalue weighted by molar-refractivity contribution is 0.428. The lowest BCUT2D eigenvalue weighted by atomic mass is 10.1. The third kappa shape index (κ3) is 2.05. The van der Waals surface area contributed by atoms with Crippen LogP contribution in [0.1, 0.15) is 11.6 Å². The van der Waals surface area contributed by atoms with Crippen molar-refractivity contribution in [2.75, 3.05) is 19.6 Å². The first-order valence-electron chi connectivity index (χ1n) is 4.66. The van der Waals surface area contributed by atoms with Crippen LogP contribution in [0, 0.1) is 5.82 Å². The fourth-order valence-corrected chi connectivity index (χ4v) is 1.74. The summed E-state index contributed by atoms with van der Waals surface area (Å²) in [5, 5.41) is 6.74. The van der Waals surface area contributed by atoms with Gasteiger partial charge in [0.2, 0.25) is 0 Å². The van der Waals surface area contributed by atoms with Gasteiger partial charge in [-0.05, 0) is 17.7 Å². The minimum Gasteiger partial charge on any atom is -0.314 e. The van der Waals surface area contributed by atoms with Crippen molar-refractivity contribution in [2.24, 2.45) is 0 Å². The average molecular weight is 215 g/mol. The predicted molar refractivity (Wildman–Crippen MR) is 55.0 cm³/mol. The van der Waals surface area contributed by atoms with Crippen LogP contribution in [0.2, 0.25) is 5.02 Å².